The first kappa shape index (κ1) is 11.4. The Labute approximate surface area is 93.7 Å². The minimum Gasteiger partial charge on any atom is -0.298 e. The van der Waals surface area contributed by atoms with E-state index in [1.165, 1.54) is 51.4 Å². The van der Waals surface area contributed by atoms with Crippen molar-refractivity contribution in [1.82, 2.24) is 5.48 Å². The Hall–Kier alpha value is -0.0800. The van der Waals surface area contributed by atoms with Crippen molar-refractivity contribution in [2.24, 2.45) is 5.41 Å². The fourth-order valence-corrected chi connectivity index (χ4v) is 3.00. The van der Waals surface area contributed by atoms with Crippen LogP contribution in [-0.2, 0) is 4.84 Å². The Morgan fingerprint density at radius 1 is 1.07 bits per heavy atom. The lowest BCUT2D eigenvalue weighted by Crippen LogP contribution is -2.38. The molecule has 1 unspecified atom stereocenters. The zero-order valence-corrected chi connectivity index (χ0v) is 10.2. The minimum absolute atomic E-state index is 0.495. The molecule has 0 radical (unpaired) electrons. The van der Waals surface area contributed by atoms with Crippen LogP contribution in [0, 0.1) is 5.41 Å². The molecule has 2 aliphatic carbocycles. The van der Waals surface area contributed by atoms with Crippen LogP contribution in [0.25, 0.3) is 0 Å². The maximum absolute atomic E-state index is 5.79. The van der Waals surface area contributed by atoms with Gasteiger partial charge in [0.1, 0.15) is 0 Å². The van der Waals surface area contributed by atoms with E-state index >= 15 is 0 Å². The van der Waals surface area contributed by atoms with Crippen LogP contribution >= 0.6 is 0 Å². The Morgan fingerprint density at radius 2 is 1.80 bits per heavy atom. The summed E-state index contributed by atoms with van der Waals surface area (Å²) in [6.45, 7) is 4.74. The van der Waals surface area contributed by atoms with E-state index in [0.29, 0.717) is 17.6 Å². The van der Waals surface area contributed by atoms with E-state index in [9.17, 15) is 0 Å². The topological polar surface area (TPSA) is 21.3 Å². The smallest absolute Gasteiger partial charge is 0.0790 e. The summed E-state index contributed by atoms with van der Waals surface area (Å²) in [5, 5.41) is 0. The average Bonchev–Trinajstić information content (AvgIpc) is 2.65. The molecule has 2 fully saturated rings. The molecule has 0 aromatic heterocycles. The van der Waals surface area contributed by atoms with Crippen LogP contribution in [-0.4, -0.2) is 12.1 Å². The standard InChI is InChI=1S/C13H25NO/c1-13(2)9-5-6-11(10-13)14-15-12-7-3-4-8-12/h11-12,14H,3-10H2,1-2H3. The van der Waals surface area contributed by atoms with Crippen LogP contribution in [0.3, 0.4) is 0 Å². The SMILES string of the molecule is CC1(C)CCCC(NOC2CCCC2)C1. The number of hydrogen-bond donors (Lipinski definition) is 1. The molecule has 0 aliphatic heterocycles. The second kappa shape index (κ2) is 4.84. The third-order valence-electron chi connectivity index (χ3n) is 3.91. The Kier molecular flexibility index (Phi) is 3.68. The molecule has 2 heteroatoms. The summed E-state index contributed by atoms with van der Waals surface area (Å²) in [5.41, 5.74) is 3.83. The number of hydroxylamine groups is 1. The molecule has 2 saturated carbocycles. The molecule has 0 spiro atoms. The van der Waals surface area contributed by atoms with Gasteiger partial charge in [0.05, 0.1) is 6.10 Å². The van der Waals surface area contributed by atoms with Gasteiger partial charge < -0.3 is 0 Å². The largest absolute Gasteiger partial charge is 0.298 e. The predicted molar refractivity (Wildman–Crippen MR) is 62.5 cm³/mol. The quantitative estimate of drug-likeness (QED) is 0.722. The van der Waals surface area contributed by atoms with E-state index in [-0.39, 0.29) is 0 Å². The molecule has 1 atom stereocenters. The van der Waals surface area contributed by atoms with Crippen LogP contribution < -0.4 is 5.48 Å². The highest BCUT2D eigenvalue weighted by Gasteiger charge is 2.28. The second-order valence-corrected chi connectivity index (χ2v) is 6.10. The van der Waals surface area contributed by atoms with Crippen molar-refractivity contribution in [2.45, 2.75) is 77.4 Å². The van der Waals surface area contributed by atoms with Gasteiger partial charge >= 0.3 is 0 Å². The Morgan fingerprint density at radius 3 is 2.47 bits per heavy atom. The fraction of sp³-hybridized carbons (Fsp3) is 1.00. The maximum Gasteiger partial charge on any atom is 0.0790 e. The van der Waals surface area contributed by atoms with Gasteiger partial charge in [-0.15, -0.1) is 0 Å². The van der Waals surface area contributed by atoms with Crippen molar-refractivity contribution in [3.8, 4) is 0 Å². The molecule has 0 aromatic carbocycles. The lowest BCUT2D eigenvalue weighted by Gasteiger charge is -2.35. The van der Waals surface area contributed by atoms with Gasteiger partial charge in [0.25, 0.3) is 0 Å². The summed E-state index contributed by atoms with van der Waals surface area (Å²) in [6, 6.07) is 0.592. The minimum atomic E-state index is 0.495. The van der Waals surface area contributed by atoms with Crippen molar-refractivity contribution < 1.29 is 4.84 Å². The zero-order valence-electron chi connectivity index (χ0n) is 10.2. The lowest BCUT2D eigenvalue weighted by molar-refractivity contribution is -0.0547. The third kappa shape index (κ3) is 3.46. The van der Waals surface area contributed by atoms with E-state index in [2.05, 4.69) is 19.3 Å². The molecule has 0 amide bonds. The van der Waals surface area contributed by atoms with Crippen molar-refractivity contribution in [3.05, 3.63) is 0 Å². The second-order valence-electron chi connectivity index (χ2n) is 6.10. The molecule has 15 heavy (non-hydrogen) atoms. The summed E-state index contributed by atoms with van der Waals surface area (Å²) in [5.74, 6) is 0. The molecule has 0 heterocycles. The van der Waals surface area contributed by atoms with Gasteiger partial charge in [-0.1, -0.05) is 33.1 Å². The van der Waals surface area contributed by atoms with Crippen molar-refractivity contribution in [2.75, 3.05) is 0 Å². The summed E-state index contributed by atoms with van der Waals surface area (Å²) in [6.07, 6.45) is 11.0. The third-order valence-corrected chi connectivity index (χ3v) is 3.91. The van der Waals surface area contributed by atoms with E-state index in [0.717, 1.165) is 0 Å². The molecule has 2 nitrogen and oxygen atoms in total. The van der Waals surface area contributed by atoms with Crippen molar-refractivity contribution >= 4 is 0 Å². The molecule has 88 valence electrons. The van der Waals surface area contributed by atoms with Gasteiger partial charge in [-0.2, -0.15) is 5.48 Å². The molecular formula is C13H25NO. The number of hydrogen-bond acceptors (Lipinski definition) is 2. The van der Waals surface area contributed by atoms with Crippen LogP contribution in [0.15, 0.2) is 0 Å². The zero-order chi connectivity index (χ0) is 10.7. The molecule has 0 aromatic rings. The van der Waals surface area contributed by atoms with Gasteiger partial charge in [-0.25, -0.2) is 0 Å². The summed E-state index contributed by atoms with van der Waals surface area (Å²) >= 11 is 0. The highest BCUT2D eigenvalue weighted by molar-refractivity contribution is 4.82. The van der Waals surface area contributed by atoms with E-state index in [1.807, 2.05) is 0 Å². The first-order valence-corrected chi connectivity index (χ1v) is 6.57. The van der Waals surface area contributed by atoms with Crippen LogP contribution in [0.5, 0.6) is 0 Å². The maximum atomic E-state index is 5.79. The first-order chi connectivity index (χ1) is 7.16. The molecule has 2 aliphatic rings. The molecule has 0 bridgehead atoms. The summed E-state index contributed by atoms with van der Waals surface area (Å²) < 4.78 is 0. The van der Waals surface area contributed by atoms with Crippen LogP contribution in [0.1, 0.15) is 65.2 Å². The normalized spacial score (nSPS) is 32.0. The highest BCUT2D eigenvalue weighted by atomic mass is 16.7. The van der Waals surface area contributed by atoms with E-state index in [1.54, 1.807) is 0 Å². The summed E-state index contributed by atoms with van der Waals surface area (Å²) in [4.78, 5) is 5.79. The van der Waals surface area contributed by atoms with Gasteiger partial charge in [-0.3, -0.25) is 4.84 Å². The van der Waals surface area contributed by atoms with E-state index in [4.69, 9.17) is 4.84 Å². The van der Waals surface area contributed by atoms with Gasteiger partial charge in [0.15, 0.2) is 0 Å². The van der Waals surface area contributed by atoms with Crippen molar-refractivity contribution in [1.29, 1.82) is 0 Å². The van der Waals surface area contributed by atoms with E-state index < -0.39 is 0 Å². The Bertz CT molecular complexity index is 197. The summed E-state index contributed by atoms with van der Waals surface area (Å²) in [7, 11) is 0. The van der Waals surface area contributed by atoms with Gasteiger partial charge in [-0.05, 0) is 37.5 Å². The Balaban J connectivity index is 1.69. The average molecular weight is 211 g/mol. The molecular weight excluding hydrogens is 186 g/mol. The molecule has 0 saturated heterocycles. The lowest BCUT2D eigenvalue weighted by atomic mass is 9.75. The first-order valence-electron chi connectivity index (χ1n) is 6.57. The van der Waals surface area contributed by atoms with Crippen molar-refractivity contribution in [3.63, 3.8) is 0 Å². The fourth-order valence-electron chi connectivity index (χ4n) is 3.00. The predicted octanol–water partition coefficient (Wildman–Crippen LogP) is 3.42. The van der Waals surface area contributed by atoms with Crippen LogP contribution in [0.4, 0.5) is 0 Å². The number of rotatable bonds is 3. The molecule has 2 rings (SSSR count). The monoisotopic (exact) mass is 211 g/mol. The molecule has 1 N–H and O–H groups in total. The highest BCUT2D eigenvalue weighted by Crippen LogP contribution is 2.35. The number of nitrogens with one attached hydrogen (secondary N) is 1. The van der Waals surface area contributed by atoms with Gasteiger partial charge in [0.2, 0.25) is 0 Å². The van der Waals surface area contributed by atoms with Crippen LogP contribution in [0.2, 0.25) is 0 Å². The van der Waals surface area contributed by atoms with Gasteiger partial charge in [0, 0.05) is 6.04 Å².